The Morgan fingerprint density at radius 3 is 3.00 bits per heavy atom. The third kappa shape index (κ3) is 2.90. The highest BCUT2D eigenvalue weighted by Crippen LogP contribution is 2.34. The van der Waals surface area contributed by atoms with Gasteiger partial charge in [-0.15, -0.1) is 11.3 Å². The van der Waals surface area contributed by atoms with Crippen LogP contribution in [-0.4, -0.2) is 25.6 Å². The molecule has 0 bridgehead atoms. The third-order valence-corrected chi connectivity index (χ3v) is 6.77. The lowest BCUT2D eigenvalue weighted by Crippen LogP contribution is -2.23. The number of thiophene rings is 1. The van der Waals surface area contributed by atoms with Crippen LogP contribution in [0.15, 0.2) is 35.4 Å². The molecule has 1 aliphatic carbocycles. The van der Waals surface area contributed by atoms with Crippen molar-refractivity contribution >= 4 is 38.5 Å². The molecule has 1 aliphatic rings. The van der Waals surface area contributed by atoms with Crippen LogP contribution < -0.4 is 10.9 Å². The van der Waals surface area contributed by atoms with E-state index < -0.39 is 0 Å². The van der Waals surface area contributed by atoms with E-state index in [1.54, 1.807) is 15.9 Å². The minimum absolute atomic E-state index is 0.0764. The summed E-state index contributed by atoms with van der Waals surface area (Å²) in [5.74, 6) is 0.659. The smallest absolute Gasteiger partial charge is 0.263 e. The van der Waals surface area contributed by atoms with Gasteiger partial charge in [-0.2, -0.15) is 0 Å². The van der Waals surface area contributed by atoms with E-state index in [0.717, 1.165) is 53.6 Å². The zero-order chi connectivity index (χ0) is 19.1. The minimum atomic E-state index is 0.0764. The molecule has 3 aromatic heterocycles. The number of aromatic nitrogens is 4. The second-order valence-electron chi connectivity index (χ2n) is 7.40. The number of hydrogen-bond acceptors (Lipinski definition) is 5. The molecule has 0 spiro atoms. The molecule has 0 radical (unpaired) electrons. The molecule has 0 fully saturated rings. The van der Waals surface area contributed by atoms with Crippen molar-refractivity contribution in [1.82, 2.24) is 19.1 Å². The summed E-state index contributed by atoms with van der Waals surface area (Å²) in [6, 6.07) is 8.16. The van der Waals surface area contributed by atoms with Crippen molar-refractivity contribution in [2.75, 3.05) is 11.9 Å². The molecular weight excluding hydrogens is 370 g/mol. The van der Waals surface area contributed by atoms with Gasteiger partial charge in [0.1, 0.15) is 4.83 Å². The maximum absolute atomic E-state index is 12.9. The monoisotopic (exact) mass is 393 g/mol. The largest absolute Gasteiger partial charge is 0.355 e. The Kier molecular flexibility index (Phi) is 4.39. The van der Waals surface area contributed by atoms with E-state index in [4.69, 9.17) is 4.98 Å². The molecule has 5 rings (SSSR count). The van der Waals surface area contributed by atoms with Crippen molar-refractivity contribution < 1.29 is 0 Å². The highest BCUT2D eigenvalue weighted by atomic mass is 32.1. The zero-order valence-corrected chi connectivity index (χ0v) is 16.8. The van der Waals surface area contributed by atoms with Gasteiger partial charge in [-0.05, 0) is 49.8 Å². The number of anilines is 1. The van der Waals surface area contributed by atoms with E-state index in [2.05, 4.69) is 20.9 Å². The Morgan fingerprint density at radius 2 is 2.07 bits per heavy atom. The van der Waals surface area contributed by atoms with Crippen molar-refractivity contribution in [3.8, 4) is 0 Å². The van der Waals surface area contributed by atoms with Gasteiger partial charge in [0.15, 0.2) is 0 Å². The molecule has 0 amide bonds. The van der Waals surface area contributed by atoms with Gasteiger partial charge in [-0.1, -0.05) is 12.1 Å². The van der Waals surface area contributed by atoms with Gasteiger partial charge < -0.3 is 9.88 Å². The van der Waals surface area contributed by atoms with Crippen LogP contribution in [0.2, 0.25) is 0 Å². The zero-order valence-electron chi connectivity index (χ0n) is 15.9. The topological polar surface area (TPSA) is 64.7 Å². The summed E-state index contributed by atoms with van der Waals surface area (Å²) in [6.07, 6.45) is 7.30. The second kappa shape index (κ2) is 7.05. The third-order valence-electron chi connectivity index (χ3n) is 5.58. The first kappa shape index (κ1) is 17.4. The van der Waals surface area contributed by atoms with Crippen LogP contribution in [0, 0.1) is 0 Å². The molecule has 0 saturated carbocycles. The van der Waals surface area contributed by atoms with Gasteiger partial charge in [-0.3, -0.25) is 9.36 Å². The highest BCUT2D eigenvalue weighted by molar-refractivity contribution is 7.18. The number of nitrogens with one attached hydrogen (secondary N) is 1. The average molecular weight is 394 g/mol. The summed E-state index contributed by atoms with van der Waals surface area (Å²) in [6.45, 7) is 1.63. The first-order valence-electron chi connectivity index (χ1n) is 9.87. The lowest BCUT2D eigenvalue weighted by molar-refractivity contribution is 0.672. The quantitative estimate of drug-likeness (QED) is 0.525. The fourth-order valence-corrected chi connectivity index (χ4v) is 5.33. The molecule has 0 saturated heterocycles. The van der Waals surface area contributed by atoms with Gasteiger partial charge in [-0.25, -0.2) is 9.97 Å². The van der Waals surface area contributed by atoms with Crippen molar-refractivity contribution in [3.05, 3.63) is 51.4 Å². The summed E-state index contributed by atoms with van der Waals surface area (Å²) in [5, 5.41) is 4.21. The maximum Gasteiger partial charge on any atom is 0.263 e. The van der Waals surface area contributed by atoms with Crippen molar-refractivity contribution in [1.29, 1.82) is 0 Å². The normalized spacial score (nSPS) is 13.9. The lowest BCUT2D eigenvalue weighted by atomic mass is 9.97. The molecule has 144 valence electrons. The molecule has 4 aromatic rings. The van der Waals surface area contributed by atoms with Gasteiger partial charge >= 0.3 is 0 Å². The number of fused-ring (bicyclic) bond motifs is 4. The molecule has 6 nitrogen and oxygen atoms in total. The van der Waals surface area contributed by atoms with Gasteiger partial charge in [0, 0.05) is 25.0 Å². The van der Waals surface area contributed by atoms with Crippen LogP contribution in [0.5, 0.6) is 0 Å². The first-order chi connectivity index (χ1) is 13.7. The minimum Gasteiger partial charge on any atom is -0.355 e. The SMILES string of the molecule is Cn1c(NCCCn2cnc3ccccc32)nc2sc3c(c2c1=O)CCCC3. The predicted molar refractivity (Wildman–Crippen MR) is 114 cm³/mol. The number of imidazole rings is 1. The van der Waals surface area contributed by atoms with E-state index in [1.165, 1.54) is 23.3 Å². The second-order valence-corrected chi connectivity index (χ2v) is 8.48. The molecule has 0 unspecified atom stereocenters. The van der Waals surface area contributed by atoms with E-state index in [0.29, 0.717) is 5.95 Å². The van der Waals surface area contributed by atoms with Crippen molar-refractivity contribution in [2.24, 2.45) is 7.05 Å². The molecular formula is C21H23N5OS. The number of rotatable bonds is 5. The standard InChI is InChI=1S/C21H23N5OS/c1-25-20(27)18-14-7-2-5-10-17(14)28-19(18)24-21(25)22-11-6-12-26-13-23-15-8-3-4-9-16(15)26/h3-4,8-9,13H,2,5-7,10-12H2,1H3,(H,22,24). The summed E-state index contributed by atoms with van der Waals surface area (Å²) in [4.78, 5) is 24.4. The number of hydrogen-bond donors (Lipinski definition) is 1. The fraction of sp³-hybridized carbons (Fsp3) is 0.381. The molecule has 3 heterocycles. The average Bonchev–Trinajstić information content (AvgIpc) is 3.30. The molecule has 1 aromatic carbocycles. The van der Waals surface area contributed by atoms with Crippen molar-refractivity contribution in [3.63, 3.8) is 0 Å². The van der Waals surface area contributed by atoms with E-state index in [1.807, 2.05) is 31.6 Å². The number of benzene rings is 1. The van der Waals surface area contributed by atoms with Gasteiger partial charge in [0.25, 0.3) is 5.56 Å². The highest BCUT2D eigenvalue weighted by Gasteiger charge is 2.21. The first-order valence-corrected chi connectivity index (χ1v) is 10.7. The molecule has 28 heavy (non-hydrogen) atoms. The Hall–Kier alpha value is -2.67. The van der Waals surface area contributed by atoms with E-state index in [-0.39, 0.29) is 5.56 Å². The van der Waals surface area contributed by atoms with Crippen molar-refractivity contribution in [2.45, 2.75) is 38.6 Å². The Bertz CT molecular complexity index is 1220. The Labute approximate surface area is 166 Å². The van der Waals surface area contributed by atoms with E-state index >= 15 is 0 Å². The predicted octanol–water partition coefficient (Wildman–Crippen LogP) is 3.73. The van der Waals surface area contributed by atoms with Crippen LogP contribution in [-0.2, 0) is 26.4 Å². The van der Waals surface area contributed by atoms with Crippen LogP contribution in [0.4, 0.5) is 5.95 Å². The lowest BCUT2D eigenvalue weighted by Gasteiger charge is -2.12. The fourth-order valence-electron chi connectivity index (χ4n) is 4.08. The van der Waals surface area contributed by atoms with Crippen LogP contribution >= 0.6 is 11.3 Å². The van der Waals surface area contributed by atoms with Gasteiger partial charge in [0.2, 0.25) is 5.95 Å². The summed E-state index contributed by atoms with van der Waals surface area (Å²) < 4.78 is 3.83. The number of nitrogens with zero attached hydrogens (tertiary/aromatic N) is 4. The number of aryl methyl sites for hydroxylation is 3. The number of para-hydroxylation sites is 2. The molecule has 1 N–H and O–H groups in total. The van der Waals surface area contributed by atoms with Crippen LogP contribution in [0.25, 0.3) is 21.3 Å². The molecule has 0 aliphatic heterocycles. The Balaban J connectivity index is 1.33. The summed E-state index contributed by atoms with van der Waals surface area (Å²) in [7, 11) is 1.81. The molecule has 7 heteroatoms. The summed E-state index contributed by atoms with van der Waals surface area (Å²) in [5.41, 5.74) is 3.50. The van der Waals surface area contributed by atoms with E-state index in [9.17, 15) is 4.79 Å². The summed E-state index contributed by atoms with van der Waals surface area (Å²) >= 11 is 1.70. The van der Waals surface area contributed by atoms with Crippen LogP contribution in [0.1, 0.15) is 29.7 Å². The van der Waals surface area contributed by atoms with Crippen LogP contribution in [0.3, 0.4) is 0 Å². The van der Waals surface area contributed by atoms with Gasteiger partial charge in [0.05, 0.1) is 22.7 Å². The molecule has 0 atom stereocenters. The maximum atomic E-state index is 12.9. The Morgan fingerprint density at radius 1 is 1.21 bits per heavy atom.